The Morgan fingerprint density at radius 2 is 1.61 bits per heavy atom. The maximum atomic E-state index is 13.2. The number of rotatable bonds is 4. The van der Waals surface area contributed by atoms with Crippen molar-refractivity contribution in [2.45, 2.75) is 6.61 Å². The molecule has 0 saturated heterocycles. The summed E-state index contributed by atoms with van der Waals surface area (Å²) in [6.07, 6.45) is 2.41. The van der Waals surface area contributed by atoms with Gasteiger partial charge in [-0.25, -0.2) is 8.78 Å². The highest BCUT2D eigenvalue weighted by atomic mass is 19.1. The third-order valence-corrected chi connectivity index (χ3v) is 2.28. The Kier molecular flexibility index (Phi) is 4.02. The van der Waals surface area contributed by atoms with Crippen molar-refractivity contribution in [1.82, 2.24) is 0 Å². The van der Waals surface area contributed by atoms with Gasteiger partial charge >= 0.3 is 0 Å². The third-order valence-electron chi connectivity index (χ3n) is 2.28. The predicted molar refractivity (Wildman–Crippen MR) is 64.1 cm³/mol. The van der Waals surface area contributed by atoms with Gasteiger partial charge < -0.3 is 4.84 Å². The number of hydrogen-bond acceptors (Lipinski definition) is 2. The minimum atomic E-state index is -0.434. The molecule has 0 aromatic heterocycles. The molecule has 2 rings (SSSR count). The lowest BCUT2D eigenvalue weighted by Gasteiger charge is -2.00. The topological polar surface area (TPSA) is 21.6 Å². The van der Waals surface area contributed by atoms with Crippen molar-refractivity contribution in [3.63, 3.8) is 0 Å². The van der Waals surface area contributed by atoms with E-state index in [4.69, 9.17) is 4.84 Å². The highest BCUT2D eigenvalue weighted by Crippen LogP contribution is 2.08. The Labute approximate surface area is 104 Å². The van der Waals surface area contributed by atoms with Crippen molar-refractivity contribution in [3.05, 3.63) is 71.3 Å². The van der Waals surface area contributed by atoms with Crippen LogP contribution in [0.1, 0.15) is 11.1 Å². The summed E-state index contributed by atoms with van der Waals surface area (Å²) in [6, 6.07) is 12.3. The molecule has 18 heavy (non-hydrogen) atoms. The first kappa shape index (κ1) is 12.2. The maximum Gasteiger partial charge on any atom is 0.145 e. The summed E-state index contributed by atoms with van der Waals surface area (Å²) < 4.78 is 26.4. The van der Waals surface area contributed by atoms with Crippen LogP contribution in [-0.2, 0) is 11.4 Å². The Bertz CT molecular complexity index is 555. The van der Waals surface area contributed by atoms with Crippen molar-refractivity contribution in [3.8, 4) is 0 Å². The molecule has 0 N–H and O–H groups in total. The first-order valence-corrected chi connectivity index (χ1v) is 5.33. The molecule has 0 aliphatic carbocycles. The maximum absolute atomic E-state index is 13.2. The molecule has 0 atom stereocenters. The monoisotopic (exact) mass is 246 g/mol. The second-order valence-corrected chi connectivity index (χ2v) is 3.55. The summed E-state index contributed by atoms with van der Waals surface area (Å²) in [4.78, 5) is 4.87. The van der Waals surface area contributed by atoms with Gasteiger partial charge in [-0.15, -0.1) is 0 Å². The van der Waals surface area contributed by atoms with Gasteiger partial charge in [0.25, 0.3) is 0 Å². The van der Waals surface area contributed by atoms with Crippen molar-refractivity contribution in [2.75, 3.05) is 0 Å². The molecule has 0 bridgehead atoms. The molecule has 2 aromatic carbocycles. The van der Waals surface area contributed by atoms with Crippen LogP contribution in [0.3, 0.4) is 0 Å². The molecule has 0 aliphatic heterocycles. The fourth-order valence-electron chi connectivity index (χ4n) is 1.35. The average Bonchev–Trinajstić information content (AvgIpc) is 2.38. The number of halogens is 2. The van der Waals surface area contributed by atoms with Gasteiger partial charge in [0.2, 0.25) is 0 Å². The van der Waals surface area contributed by atoms with Crippen molar-refractivity contribution >= 4 is 6.21 Å². The summed E-state index contributed by atoms with van der Waals surface area (Å²) in [5, 5.41) is 3.48. The lowest BCUT2D eigenvalue weighted by molar-refractivity contribution is 0.129. The summed E-state index contributed by atoms with van der Waals surface area (Å²) in [6.45, 7) is -0.0197. The Morgan fingerprint density at radius 1 is 0.944 bits per heavy atom. The normalized spacial score (nSPS) is 10.8. The summed E-state index contributed by atoms with van der Waals surface area (Å²) in [5.74, 6) is -0.797. The number of benzene rings is 2. The van der Waals surface area contributed by atoms with Gasteiger partial charge in [-0.3, -0.25) is 0 Å². The van der Waals surface area contributed by atoms with E-state index in [-0.39, 0.29) is 18.0 Å². The molecule has 0 fully saturated rings. The Balaban J connectivity index is 1.93. The minimum Gasteiger partial charge on any atom is -0.390 e. The molecule has 0 amide bonds. The van der Waals surface area contributed by atoms with Crippen LogP contribution in [0.15, 0.2) is 53.7 Å². The molecule has 0 unspecified atom stereocenters. The second kappa shape index (κ2) is 5.91. The zero-order valence-electron chi connectivity index (χ0n) is 9.44. The zero-order valence-corrected chi connectivity index (χ0v) is 9.44. The van der Waals surface area contributed by atoms with E-state index in [1.807, 2.05) is 0 Å². The van der Waals surface area contributed by atoms with E-state index in [0.29, 0.717) is 5.56 Å². The molecule has 0 heterocycles. The van der Waals surface area contributed by atoms with Gasteiger partial charge in [0, 0.05) is 11.1 Å². The van der Waals surface area contributed by atoms with Gasteiger partial charge in [-0.1, -0.05) is 35.5 Å². The molecule has 91 valence electrons. The highest BCUT2D eigenvalue weighted by Gasteiger charge is 2.00. The van der Waals surface area contributed by atoms with Crippen LogP contribution in [-0.4, -0.2) is 6.21 Å². The molecule has 0 saturated carbocycles. The fourth-order valence-corrected chi connectivity index (χ4v) is 1.35. The van der Waals surface area contributed by atoms with Crippen molar-refractivity contribution < 1.29 is 13.6 Å². The van der Waals surface area contributed by atoms with Crippen LogP contribution in [0.4, 0.5) is 8.78 Å². The summed E-state index contributed by atoms with van der Waals surface area (Å²) in [7, 11) is 0. The van der Waals surface area contributed by atoms with Crippen LogP contribution in [0.5, 0.6) is 0 Å². The molecule has 4 heteroatoms. The second-order valence-electron chi connectivity index (χ2n) is 3.55. The van der Waals surface area contributed by atoms with Gasteiger partial charge in [0.05, 0.1) is 0 Å². The SMILES string of the molecule is Fc1ccccc1/[C]=N\OCc1ccccc1F. The van der Waals surface area contributed by atoms with Gasteiger partial charge in [0.1, 0.15) is 24.5 Å². The van der Waals surface area contributed by atoms with E-state index in [2.05, 4.69) is 11.4 Å². The van der Waals surface area contributed by atoms with Crippen molar-refractivity contribution in [2.24, 2.45) is 5.16 Å². The number of nitrogens with zero attached hydrogens (tertiary/aromatic N) is 1. The lowest BCUT2D eigenvalue weighted by Crippen LogP contribution is -1.93. The van der Waals surface area contributed by atoms with E-state index >= 15 is 0 Å². The minimum absolute atomic E-state index is 0.0197. The fraction of sp³-hybridized carbons (Fsp3) is 0.0714. The Hall–Kier alpha value is -2.23. The molecular weight excluding hydrogens is 236 g/mol. The van der Waals surface area contributed by atoms with Crippen LogP contribution in [0.25, 0.3) is 0 Å². The zero-order chi connectivity index (χ0) is 12.8. The van der Waals surface area contributed by atoms with E-state index in [1.165, 1.54) is 18.2 Å². The average molecular weight is 246 g/mol. The molecule has 0 spiro atoms. The first-order chi connectivity index (χ1) is 8.77. The van der Waals surface area contributed by atoms with Gasteiger partial charge in [-0.05, 0) is 18.2 Å². The van der Waals surface area contributed by atoms with Crippen LogP contribution < -0.4 is 0 Å². The summed E-state index contributed by atoms with van der Waals surface area (Å²) >= 11 is 0. The summed E-state index contributed by atoms with van der Waals surface area (Å²) in [5.41, 5.74) is 0.586. The number of hydrogen-bond donors (Lipinski definition) is 0. The first-order valence-electron chi connectivity index (χ1n) is 5.33. The standard InChI is InChI=1S/C14H10F2NO/c15-13-7-3-1-5-11(13)9-17-18-10-12-6-2-4-8-14(12)16/h1-8H,10H2. The predicted octanol–water partition coefficient (Wildman–Crippen LogP) is 3.39. The van der Waals surface area contributed by atoms with E-state index in [0.717, 1.165) is 0 Å². The Morgan fingerprint density at radius 3 is 2.33 bits per heavy atom. The van der Waals surface area contributed by atoms with Crippen LogP contribution in [0.2, 0.25) is 0 Å². The van der Waals surface area contributed by atoms with E-state index < -0.39 is 5.82 Å². The highest BCUT2D eigenvalue weighted by molar-refractivity contribution is 5.79. The molecule has 1 radical (unpaired) electrons. The van der Waals surface area contributed by atoms with Crippen LogP contribution in [0, 0.1) is 11.6 Å². The largest absolute Gasteiger partial charge is 0.390 e. The lowest BCUT2D eigenvalue weighted by atomic mass is 10.2. The smallest absolute Gasteiger partial charge is 0.145 e. The molecule has 2 aromatic rings. The molecular formula is C14H10F2NO. The van der Waals surface area contributed by atoms with E-state index in [1.54, 1.807) is 30.3 Å². The van der Waals surface area contributed by atoms with E-state index in [9.17, 15) is 8.78 Å². The third kappa shape index (κ3) is 3.13. The molecule has 0 aliphatic rings. The van der Waals surface area contributed by atoms with Gasteiger partial charge in [-0.2, -0.15) is 0 Å². The van der Waals surface area contributed by atoms with Crippen LogP contribution >= 0.6 is 0 Å². The van der Waals surface area contributed by atoms with Crippen molar-refractivity contribution in [1.29, 1.82) is 0 Å². The van der Waals surface area contributed by atoms with Gasteiger partial charge in [0.15, 0.2) is 0 Å². The molecule has 2 nitrogen and oxygen atoms in total. The quantitative estimate of drug-likeness (QED) is 0.598.